The summed E-state index contributed by atoms with van der Waals surface area (Å²) in [7, 11) is 0. The lowest BCUT2D eigenvalue weighted by atomic mass is 9.87. The first-order valence-corrected chi connectivity index (χ1v) is 13.1. The average Bonchev–Trinajstić information content (AvgIpc) is 3.47. The lowest BCUT2D eigenvalue weighted by Crippen LogP contribution is -2.22. The van der Waals surface area contributed by atoms with E-state index in [1.807, 2.05) is 11.3 Å². The number of hydrogen-bond acceptors (Lipinski definition) is 3. The summed E-state index contributed by atoms with van der Waals surface area (Å²) in [5.74, 6) is 0.602. The van der Waals surface area contributed by atoms with Crippen molar-refractivity contribution in [3.05, 3.63) is 88.6 Å². The Kier molecular flexibility index (Phi) is 5.26. The van der Waals surface area contributed by atoms with Crippen molar-refractivity contribution in [3.63, 3.8) is 0 Å². The third-order valence-electron chi connectivity index (χ3n) is 6.86. The van der Waals surface area contributed by atoms with E-state index in [0.717, 1.165) is 33.1 Å². The zero-order valence-electron chi connectivity index (χ0n) is 20.3. The van der Waals surface area contributed by atoms with Crippen LogP contribution in [-0.4, -0.2) is 15.9 Å². The van der Waals surface area contributed by atoms with Gasteiger partial charge in [-0.05, 0) is 64.8 Å². The van der Waals surface area contributed by atoms with Gasteiger partial charge in [-0.25, -0.2) is 4.98 Å². The van der Waals surface area contributed by atoms with Crippen LogP contribution in [0.4, 0.5) is 0 Å². The van der Waals surface area contributed by atoms with E-state index in [4.69, 9.17) is 4.98 Å². The number of nitrogens with one attached hydrogen (secondary N) is 2. The molecule has 5 heteroatoms. The monoisotopic (exact) mass is 479 g/mol. The second-order valence-corrected chi connectivity index (χ2v) is 11.7. The smallest absolute Gasteiger partial charge is 0.253 e. The standard InChI is InChI=1S/C30H29N3OS/c1-30(2,3)22-10-4-18(5-11-22)16-32-28(34)24-17-31-25-12-8-20(14-23(24)25)21-9-13-26-27(15-21)35-29(33-26)19-6-7-19/h4-5,8-15,17,19,31H,6-7,16H2,1-3H3,(H,32,34). The van der Waals surface area contributed by atoms with E-state index < -0.39 is 0 Å². The highest BCUT2D eigenvalue weighted by atomic mass is 32.1. The van der Waals surface area contributed by atoms with Gasteiger partial charge in [-0.2, -0.15) is 0 Å². The van der Waals surface area contributed by atoms with Crippen molar-refractivity contribution in [2.75, 3.05) is 0 Å². The number of benzene rings is 3. The summed E-state index contributed by atoms with van der Waals surface area (Å²) in [4.78, 5) is 21.1. The van der Waals surface area contributed by atoms with Gasteiger partial charge in [-0.1, -0.05) is 57.2 Å². The van der Waals surface area contributed by atoms with Crippen molar-refractivity contribution in [1.29, 1.82) is 0 Å². The van der Waals surface area contributed by atoms with Gasteiger partial charge in [0.25, 0.3) is 5.91 Å². The van der Waals surface area contributed by atoms with Crippen LogP contribution in [0.1, 0.15) is 66.0 Å². The molecule has 2 heterocycles. The Morgan fingerprint density at radius 3 is 2.51 bits per heavy atom. The number of amides is 1. The van der Waals surface area contributed by atoms with Gasteiger partial charge in [0.2, 0.25) is 0 Å². The molecule has 6 rings (SSSR count). The molecule has 0 atom stereocenters. The molecule has 1 aliphatic rings. The van der Waals surface area contributed by atoms with Crippen LogP contribution < -0.4 is 5.32 Å². The molecule has 35 heavy (non-hydrogen) atoms. The van der Waals surface area contributed by atoms with Gasteiger partial charge in [0.05, 0.1) is 20.8 Å². The van der Waals surface area contributed by atoms with Crippen LogP contribution in [0.3, 0.4) is 0 Å². The molecule has 0 spiro atoms. The summed E-state index contributed by atoms with van der Waals surface area (Å²) in [5, 5.41) is 5.29. The van der Waals surface area contributed by atoms with Crippen LogP contribution in [-0.2, 0) is 12.0 Å². The number of rotatable bonds is 5. The summed E-state index contributed by atoms with van der Waals surface area (Å²) in [6.07, 6.45) is 4.34. The number of carbonyl (C=O) groups excluding carboxylic acids is 1. The highest BCUT2D eigenvalue weighted by Crippen LogP contribution is 2.43. The number of carbonyl (C=O) groups is 1. The molecule has 5 aromatic rings. The summed E-state index contributed by atoms with van der Waals surface area (Å²) in [6, 6.07) is 21.2. The minimum atomic E-state index is -0.0692. The van der Waals surface area contributed by atoms with E-state index in [-0.39, 0.29) is 11.3 Å². The van der Waals surface area contributed by atoms with Crippen LogP contribution in [0.2, 0.25) is 0 Å². The molecule has 0 saturated heterocycles. The molecule has 1 amide bonds. The SMILES string of the molecule is CC(C)(C)c1ccc(CNC(=O)c2c[nH]c3ccc(-c4ccc5nc(C6CC6)sc5c4)cc23)cc1. The van der Waals surface area contributed by atoms with Crippen LogP contribution in [0.25, 0.3) is 32.2 Å². The summed E-state index contributed by atoms with van der Waals surface area (Å²) >= 11 is 1.82. The number of fused-ring (bicyclic) bond motifs is 2. The summed E-state index contributed by atoms with van der Waals surface area (Å²) in [5.41, 5.74) is 7.47. The Hall–Kier alpha value is -3.44. The third-order valence-corrected chi connectivity index (χ3v) is 8.04. The van der Waals surface area contributed by atoms with E-state index in [2.05, 4.69) is 91.7 Å². The van der Waals surface area contributed by atoms with Crippen LogP contribution >= 0.6 is 11.3 Å². The van der Waals surface area contributed by atoms with Gasteiger partial charge >= 0.3 is 0 Å². The number of thiazole rings is 1. The van der Waals surface area contributed by atoms with E-state index in [1.165, 1.54) is 28.1 Å². The van der Waals surface area contributed by atoms with Crippen molar-refractivity contribution in [2.24, 2.45) is 0 Å². The second kappa shape index (κ2) is 8.35. The summed E-state index contributed by atoms with van der Waals surface area (Å²) in [6.45, 7) is 7.11. The van der Waals surface area contributed by atoms with Gasteiger partial charge in [-0.3, -0.25) is 4.79 Å². The Bertz CT molecular complexity index is 1550. The highest BCUT2D eigenvalue weighted by molar-refractivity contribution is 7.18. The van der Waals surface area contributed by atoms with Gasteiger partial charge in [-0.15, -0.1) is 11.3 Å². The molecule has 1 fully saturated rings. The zero-order chi connectivity index (χ0) is 24.2. The quantitative estimate of drug-likeness (QED) is 0.273. The maximum atomic E-state index is 13.1. The second-order valence-electron chi connectivity index (χ2n) is 10.6. The predicted molar refractivity (Wildman–Crippen MR) is 145 cm³/mol. The molecule has 1 saturated carbocycles. The minimum Gasteiger partial charge on any atom is -0.360 e. The molecule has 0 unspecified atom stereocenters. The van der Waals surface area contributed by atoms with E-state index in [1.54, 1.807) is 6.20 Å². The number of hydrogen-bond donors (Lipinski definition) is 2. The third kappa shape index (κ3) is 4.37. The van der Waals surface area contributed by atoms with Crippen molar-refractivity contribution in [3.8, 4) is 11.1 Å². The molecule has 0 radical (unpaired) electrons. The molecule has 3 aromatic carbocycles. The number of aromatic amines is 1. The molecule has 2 N–H and O–H groups in total. The Labute approximate surface area is 209 Å². The lowest BCUT2D eigenvalue weighted by molar-refractivity contribution is 0.0952. The van der Waals surface area contributed by atoms with Crippen molar-refractivity contribution >= 4 is 38.4 Å². The zero-order valence-corrected chi connectivity index (χ0v) is 21.1. The molecule has 0 bridgehead atoms. The molecule has 2 aromatic heterocycles. The molecule has 176 valence electrons. The largest absolute Gasteiger partial charge is 0.360 e. The number of nitrogens with zero attached hydrogens (tertiary/aromatic N) is 1. The van der Waals surface area contributed by atoms with Crippen molar-refractivity contribution in [1.82, 2.24) is 15.3 Å². The van der Waals surface area contributed by atoms with Crippen molar-refractivity contribution in [2.45, 2.75) is 51.5 Å². The first-order chi connectivity index (χ1) is 16.8. The first kappa shape index (κ1) is 22.1. The number of aromatic nitrogens is 2. The molecular formula is C30H29N3OS. The summed E-state index contributed by atoms with van der Waals surface area (Å²) < 4.78 is 1.23. The van der Waals surface area contributed by atoms with E-state index in [0.29, 0.717) is 18.0 Å². The maximum absolute atomic E-state index is 13.1. The first-order valence-electron chi connectivity index (χ1n) is 12.2. The predicted octanol–water partition coefficient (Wildman–Crippen LogP) is 7.55. The topological polar surface area (TPSA) is 57.8 Å². The van der Waals surface area contributed by atoms with Crippen LogP contribution in [0, 0.1) is 0 Å². The normalized spacial score (nSPS) is 14.0. The van der Waals surface area contributed by atoms with Crippen LogP contribution in [0.5, 0.6) is 0 Å². The Morgan fingerprint density at radius 2 is 1.77 bits per heavy atom. The van der Waals surface area contributed by atoms with Gasteiger partial charge < -0.3 is 10.3 Å². The highest BCUT2D eigenvalue weighted by Gasteiger charge is 2.27. The van der Waals surface area contributed by atoms with Gasteiger partial charge in [0, 0.05) is 29.6 Å². The molecule has 4 nitrogen and oxygen atoms in total. The van der Waals surface area contributed by atoms with Gasteiger partial charge in [0.1, 0.15) is 0 Å². The lowest BCUT2D eigenvalue weighted by Gasteiger charge is -2.19. The maximum Gasteiger partial charge on any atom is 0.253 e. The number of H-pyrrole nitrogens is 1. The Balaban J connectivity index is 1.23. The molecule has 1 aliphatic carbocycles. The minimum absolute atomic E-state index is 0.0692. The molecule has 0 aliphatic heterocycles. The molecular weight excluding hydrogens is 450 g/mol. The fourth-order valence-electron chi connectivity index (χ4n) is 4.52. The van der Waals surface area contributed by atoms with Crippen molar-refractivity contribution < 1.29 is 4.79 Å². The Morgan fingerprint density at radius 1 is 1.03 bits per heavy atom. The van der Waals surface area contributed by atoms with E-state index in [9.17, 15) is 4.79 Å². The van der Waals surface area contributed by atoms with Gasteiger partial charge in [0.15, 0.2) is 0 Å². The van der Waals surface area contributed by atoms with E-state index >= 15 is 0 Å². The fraction of sp³-hybridized carbons (Fsp3) is 0.267. The van der Waals surface area contributed by atoms with Crippen LogP contribution in [0.15, 0.2) is 66.9 Å². The average molecular weight is 480 g/mol. The fourth-order valence-corrected chi connectivity index (χ4v) is 5.69.